The van der Waals surface area contributed by atoms with Crippen molar-refractivity contribution in [3.05, 3.63) is 89.0 Å². The largest absolute Gasteiger partial charge is 0.279 e. The highest BCUT2D eigenvalue weighted by atomic mass is 32.1. The van der Waals surface area contributed by atoms with Gasteiger partial charge in [-0.25, -0.2) is 9.37 Å². The summed E-state index contributed by atoms with van der Waals surface area (Å²) >= 11 is 1.47. The highest BCUT2D eigenvalue weighted by molar-refractivity contribution is 7.22. The maximum Gasteiger partial charge on any atom is 0.260 e. The van der Waals surface area contributed by atoms with E-state index in [4.69, 9.17) is 4.98 Å². The van der Waals surface area contributed by atoms with Gasteiger partial charge in [-0.1, -0.05) is 23.5 Å². The fraction of sp³-hybridized carbons (Fsp3) is 0.136. The topological polar surface area (TPSA) is 46.1 Å². The maximum absolute atomic E-state index is 13.3. The van der Waals surface area contributed by atoms with Crippen LogP contribution in [0.3, 0.4) is 0 Å². The lowest BCUT2D eigenvalue weighted by atomic mass is 10.1. The molecule has 4 aromatic rings. The van der Waals surface area contributed by atoms with E-state index in [1.54, 1.807) is 17.3 Å². The summed E-state index contributed by atoms with van der Waals surface area (Å²) in [5, 5.41) is 0.613. The van der Waals surface area contributed by atoms with Crippen molar-refractivity contribution in [2.75, 3.05) is 4.90 Å². The quantitative estimate of drug-likeness (QED) is 0.475. The number of benzene rings is 2. The minimum atomic E-state index is -0.374. The van der Waals surface area contributed by atoms with E-state index in [0.29, 0.717) is 17.2 Å². The molecule has 0 aliphatic carbocycles. The third-order valence-corrected chi connectivity index (χ3v) is 5.75. The van der Waals surface area contributed by atoms with Crippen LogP contribution in [0.15, 0.2) is 60.9 Å². The van der Waals surface area contributed by atoms with Crippen LogP contribution in [0.1, 0.15) is 27.0 Å². The number of fused-ring (bicyclic) bond motifs is 1. The lowest BCUT2D eigenvalue weighted by molar-refractivity contribution is 0.0985. The molecule has 2 heterocycles. The van der Waals surface area contributed by atoms with Gasteiger partial charge in [0.2, 0.25) is 0 Å². The zero-order valence-electron chi connectivity index (χ0n) is 15.5. The number of hydrogen-bond acceptors (Lipinski definition) is 4. The molecule has 28 heavy (non-hydrogen) atoms. The monoisotopic (exact) mass is 391 g/mol. The van der Waals surface area contributed by atoms with Crippen LogP contribution in [0.25, 0.3) is 10.2 Å². The molecule has 6 heteroatoms. The lowest BCUT2D eigenvalue weighted by Gasteiger charge is -2.20. The predicted octanol–water partition coefficient (Wildman–Crippen LogP) is 5.29. The highest BCUT2D eigenvalue weighted by Crippen LogP contribution is 2.33. The number of hydrogen-bond donors (Lipinski definition) is 0. The van der Waals surface area contributed by atoms with Crippen molar-refractivity contribution in [2.45, 2.75) is 20.4 Å². The Hall–Kier alpha value is -3.12. The van der Waals surface area contributed by atoms with Crippen molar-refractivity contribution in [3.8, 4) is 0 Å². The molecule has 0 saturated carbocycles. The Morgan fingerprint density at radius 1 is 1.11 bits per heavy atom. The Bertz CT molecular complexity index is 1140. The number of pyridine rings is 1. The Morgan fingerprint density at radius 2 is 1.89 bits per heavy atom. The number of thiazole rings is 1. The van der Waals surface area contributed by atoms with Gasteiger partial charge < -0.3 is 0 Å². The van der Waals surface area contributed by atoms with Crippen LogP contribution in [0.4, 0.5) is 9.52 Å². The standard InChI is InChI=1S/C22H18FN3OS/c1-14-5-10-19-20(15(14)2)25-22(28-19)26(13-16-4-3-11-24-12-16)21(27)17-6-8-18(23)9-7-17/h3-12H,13H2,1-2H3. The van der Waals surface area contributed by atoms with Gasteiger partial charge in [0.25, 0.3) is 5.91 Å². The molecule has 4 rings (SSSR count). The molecule has 0 aliphatic heterocycles. The molecule has 2 aromatic heterocycles. The molecule has 0 spiro atoms. The van der Waals surface area contributed by atoms with E-state index in [-0.39, 0.29) is 11.7 Å². The van der Waals surface area contributed by atoms with Gasteiger partial charge in [-0.2, -0.15) is 0 Å². The molecule has 0 N–H and O–H groups in total. The summed E-state index contributed by atoms with van der Waals surface area (Å²) < 4.78 is 14.3. The Labute approximate surface area is 166 Å². The maximum atomic E-state index is 13.3. The van der Waals surface area contributed by atoms with Gasteiger partial charge in [0, 0.05) is 18.0 Å². The number of aromatic nitrogens is 2. The molecular formula is C22H18FN3OS. The third kappa shape index (κ3) is 3.51. The fourth-order valence-corrected chi connectivity index (χ4v) is 4.00. The van der Waals surface area contributed by atoms with E-state index in [0.717, 1.165) is 26.9 Å². The summed E-state index contributed by atoms with van der Waals surface area (Å²) in [6, 6.07) is 13.4. The first-order valence-corrected chi connectivity index (χ1v) is 9.67. The van der Waals surface area contributed by atoms with Gasteiger partial charge >= 0.3 is 0 Å². The van der Waals surface area contributed by atoms with Gasteiger partial charge in [0.15, 0.2) is 5.13 Å². The zero-order valence-corrected chi connectivity index (χ0v) is 16.3. The smallest absolute Gasteiger partial charge is 0.260 e. The number of anilines is 1. The minimum absolute atomic E-state index is 0.225. The summed E-state index contributed by atoms with van der Waals surface area (Å²) in [7, 11) is 0. The Kier molecular flexibility index (Phi) is 4.88. The molecule has 0 atom stereocenters. The molecule has 4 nitrogen and oxygen atoms in total. The summed E-state index contributed by atoms with van der Waals surface area (Å²) in [5.41, 5.74) is 4.48. The SMILES string of the molecule is Cc1ccc2sc(N(Cc3cccnc3)C(=O)c3ccc(F)cc3)nc2c1C. The Morgan fingerprint density at radius 3 is 2.61 bits per heavy atom. The number of carbonyl (C=O) groups excluding carboxylic acids is 1. The Balaban J connectivity index is 1.79. The van der Waals surface area contributed by atoms with Crippen molar-refractivity contribution in [1.82, 2.24) is 9.97 Å². The van der Waals surface area contributed by atoms with Crippen molar-refractivity contribution in [1.29, 1.82) is 0 Å². The number of halogens is 1. The van der Waals surface area contributed by atoms with Crippen LogP contribution in [-0.4, -0.2) is 15.9 Å². The fourth-order valence-electron chi connectivity index (χ4n) is 2.98. The molecule has 0 unspecified atom stereocenters. The molecular weight excluding hydrogens is 373 g/mol. The van der Waals surface area contributed by atoms with Crippen LogP contribution in [0.2, 0.25) is 0 Å². The number of rotatable bonds is 4. The first-order valence-electron chi connectivity index (χ1n) is 8.86. The van der Waals surface area contributed by atoms with Gasteiger partial charge in [-0.05, 0) is 66.9 Å². The van der Waals surface area contributed by atoms with E-state index >= 15 is 0 Å². The van der Waals surface area contributed by atoms with Crippen molar-refractivity contribution in [3.63, 3.8) is 0 Å². The van der Waals surface area contributed by atoms with Crippen molar-refractivity contribution < 1.29 is 9.18 Å². The van der Waals surface area contributed by atoms with Gasteiger partial charge in [-0.3, -0.25) is 14.7 Å². The first-order chi connectivity index (χ1) is 13.5. The van der Waals surface area contributed by atoms with Crippen LogP contribution in [0, 0.1) is 19.7 Å². The molecule has 0 radical (unpaired) electrons. The molecule has 140 valence electrons. The molecule has 0 aliphatic rings. The normalized spacial score (nSPS) is 11.0. The number of nitrogens with zero attached hydrogens (tertiary/aromatic N) is 3. The zero-order chi connectivity index (χ0) is 19.7. The summed E-state index contributed by atoms with van der Waals surface area (Å²) in [6.07, 6.45) is 3.42. The average Bonchev–Trinajstić information content (AvgIpc) is 3.15. The number of aryl methyl sites for hydroxylation is 2. The van der Waals surface area contributed by atoms with E-state index < -0.39 is 0 Å². The lowest BCUT2D eigenvalue weighted by Crippen LogP contribution is -2.30. The second kappa shape index (κ2) is 7.48. The first kappa shape index (κ1) is 18.3. The van der Waals surface area contributed by atoms with Gasteiger partial charge in [-0.15, -0.1) is 0 Å². The van der Waals surface area contributed by atoms with Crippen molar-refractivity contribution in [2.24, 2.45) is 0 Å². The third-order valence-electron chi connectivity index (χ3n) is 4.70. The number of carbonyl (C=O) groups is 1. The van der Waals surface area contributed by atoms with Crippen LogP contribution < -0.4 is 4.90 Å². The van der Waals surface area contributed by atoms with E-state index in [2.05, 4.69) is 11.1 Å². The summed E-state index contributed by atoms with van der Waals surface area (Å²) in [5.74, 6) is -0.598. The molecule has 0 saturated heterocycles. The van der Waals surface area contributed by atoms with Crippen LogP contribution in [-0.2, 0) is 6.54 Å². The summed E-state index contributed by atoms with van der Waals surface area (Å²) in [4.78, 5) is 23.8. The molecule has 2 aromatic carbocycles. The van der Waals surface area contributed by atoms with Crippen LogP contribution in [0.5, 0.6) is 0 Å². The van der Waals surface area contributed by atoms with Crippen molar-refractivity contribution >= 4 is 32.6 Å². The minimum Gasteiger partial charge on any atom is -0.279 e. The molecule has 0 fully saturated rings. The van der Waals surface area contributed by atoms with Gasteiger partial charge in [0.05, 0.1) is 16.8 Å². The van der Waals surface area contributed by atoms with E-state index in [9.17, 15) is 9.18 Å². The van der Waals surface area contributed by atoms with Crippen LogP contribution >= 0.6 is 11.3 Å². The molecule has 0 bridgehead atoms. The second-order valence-electron chi connectivity index (χ2n) is 6.61. The van der Waals surface area contributed by atoms with E-state index in [1.807, 2.05) is 32.0 Å². The second-order valence-corrected chi connectivity index (χ2v) is 7.62. The number of amides is 1. The predicted molar refractivity (Wildman–Crippen MR) is 110 cm³/mol. The van der Waals surface area contributed by atoms with Gasteiger partial charge in [0.1, 0.15) is 5.82 Å². The summed E-state index contributed by atoms with van der Waals surface area (Å²) in [6.45, 7) is 4.42. The van der Waals surface area contributed by atoms with E-state index in [1.165, 1.54) is 35.6 Å². The molecule has 1 amide bonds. The average molecular weight is 391 g/mol. The highest BCUT2D eigenvalue weighted by Gasteiger charge is 2.22.